The van der Waals surface area contributed by atoms with E-state index in [9.17, 15) is 4.57 Å². The molecule has 0 saturated carbocycles. The van der Waals surface area contributed by atoms with E-state index in [0.29, 0.717) is 19.7 Å². The Morgan fingerprint density at radius 3 is 2.43 bits per heavy atom. The smallest absolute Gasteiger partial charge is 0.340 e. The molecule has 1 saturated heterocycles. The van der Waals surface area contributed by atoms with Crippen molar-refractivity contribution in [2.24, 2.45) is 5.50 Å². The van der Waals surface area contributed by atoms with E-state index < -0.39 is 7.67 Å². The van der Waals surface area contributed by atoms with E-state index in [1.807, 2.05) is 13.8 Å². The van der Waals surface area contributed by atoms with Crippen LogP contribution in [-0.4, -0.2) is 36.6 Å². The van der Waals surface area contributed by atoms with E-state index in [-0.39, 0.29) is 12.2 Å². The van der Waals surface area contributed by atoms with Gasteiger partial charge in [-0.05, 0) is 20.8 Å². The van der Waals surface area contributed by atoms with Gasteiger partial charge in [0.05, 0.1) is 18.8 Å². The summed E-state index contributed by atoms with van der Waals surface area (Å²) >= 11 is 0. The summed E-state index contributed by atoms with van der Waals surface area (Å²) in [4.78, 5) is 0. The van der Waals surface area contributed by atoms with Crippen molar-refractivity contribution in [2.45, 2.75) is 33.0 Å². The van der Waals surface area contributed by atoms with E-state index in [1.54, 1.807) is 11.6 Å². The SMILES string of the molecule is CCOP(N)(=O)N1CC(C)OC(C)C1. The first-order valence-electron chi connectivity index (χ1n) is 4.89. The molecule has 1 aliphatic rings. The maximum Gasteiger partial charge on any atom is 0.340 e. The van der Waals surface area contributed by atoms with Crippen LogP contribution in [0.3, 0.4) is 0 Å². The van der Waals surface area contributed by atoms with E-state index in [0.717, 1.165) is 0 Å². The summed E-state index contributed by atoms with van der Waals surface area (Å²) < 4.78 is 24.2. The van der Waals surface area contributed by atoms with Gasteiger partial charge in [-0.1, -0.05) is 0 Å². The Hall–Kier alpha value is 0.0700. The first-order valence-corrected chi connectivity index (χ1v) is 6.54. The minimum atomic E-state index is -3.09. The van der Waals surface area contributed by atoms with Crippen LogP contribution in [0.25, 0.3) is 0 Å². The van der Waals surface area contributed by atoms with Crippen LogP contribution in [0.2, 0.25) is 0 Å². The Morgan fingerprint density at radius 2 is 2.00 bits per heavy atom. The Bertz CT molecular complexity index is 227. The summed E-state index contributed by atoms with van der Waals surface area (Å²) in [6.45, 7) is 7.17. The monoisotopic (exact) mass is 222 g/mol. The van der Waals surface area contributed by atoms with Gasteiger partial charge in [0.2, 0.25) is 0 Å². The molecule has 6 heteroatoms. The van der Waals surface area contributed by atoms with Crippen molar-refractivity contribution >= 4 is 7.67 Å². The van der Waals surface area contributed by atoms with Crippen molar-refractivity contribution in [3.63, 3.8) is 0 Å². The molecule has 0 aliphatic carbocycles. The highest BCUT2D eigenvalue weighted by Gasteiger charge is 2.33. The minimum Gasteiger partial charge on any atom is -0.373 e. The first kappa shape index (κ1) is 12.1. The summed E-state index contributed by atoms with van der Waals surface area (Å²) in [5, 5.41) is 0. The quantitative estimate of drug-likeness (QED) is 0.727. The molecule has 0 bridgehead atoms. The molecule has 1 fully saturated rings. The summed E-state index contributed by atoms with van der Waals surface area (Å²) in [6.07, 6.45) is 0.104. The average molecular weight is 222 g/mol. The number of hydrogen-bond donors (Lipinski definition) is 1. The fourth-order valence-electron chi connectivity index (χ4n) is 1.64. The van der Waals surface area contributed by atoms with Crippen LogP contribution in [0, 0.1) is 0 Å². The van der Waals surface area contributed by atoms with Crippen LogP contribution in [0.15, 0.2) is 0 Å². The second kappa shape index (κ2) is 4.73. The van der Waals surface area contributed by atoms with Crippen molar-refractivity contribution in [2.75, 3.05) is 19.7 Å². The first-order chi connectivity index (χ1) is 6.45. The second-order valence-electron chi connectivity index (χ2n) is 3.61. The van der Waals surface area contributed by atoms with Gasteiger partial charge in [0.25, 0.3) is 0 Å². The zero-order valence-corrected chi connectivity index (χ0v) is 9.87. The van der Waals surface area contributed by atoms with Crippen LogP contribution in [0.5, 0.6) is 0 Å². The molecular weight excluding hydrogens is 203 g/mol. The molecule has 2 N–H and O–H groups in total. The van der Waals surface area contributed by atoms with Crippen molar-refractivity contribution in [3.05, 3.63) is 0 Å². The van der Waals surface area contributed by atoms with Gasteiger partial charge in [0.1, 0.15) is 0 Å². The standard InChI is InChI=1S/C8H19N2O3P/c1-4-12-14(9,11)10-5-7(2)13-8(3)6-10/h7-8H,4-6H2,1-3H3,(H2,9,11). The van der Waals surface area contributed by atoms with Gasteiger partial charge in [-0.15, -0.1) is 0 Å². The lowest BCUT2D eigenvalue weighted by Gasteiger charge is -2.37. The molecule has 5 nitrogen and oxygen atoms in total. The molecule has 1 rings (SSSR count). The lowest BCUT2D eigenvalue weighted by Crippen LogP contribution is -2.45. The molecule has 0 amide bonds. The van der Waals surface area contributed by atoms with Crippen molar-refractivity contribution in [1.82, 2.24) is 4.67 Å². The summed E-state index contributed by atoms with van der Waals surface area (Å²) in [6, 6.07) is 0. The Balaban J connectivity index is 2.62. The van der Waals surface area contributed by atoms with E-state index in [4.69, 9.17) is 14.8 Å². The Morgan fingerprint density at radius 1 is 1.50 bits per heavy atom. The van der Waals surface area contributed by atoms with Gasteiger partial charge in [0, 0.05) is 13.1 Å². The Kier molecular flexibility index (Phi) is 4.10. The molecule has 0 aromatic heterocycles. The number of morpholine rings is 1. The van der Waals surface area contributed by atoms with Crippen molar-refractivity contribution in [3.8, 4) is 0 Å². The number of rotatable bonds is 3. The molecule has 0 spiro atoms. The van der Waals surface area contributed by atoms with Gasteiger partial charge in [0.15, 0.2) is 0 Å². The molecule has 1 aliphatic heterocycles. The summed E-state index contributed by atoms with van der Waals surface area (Å²) in [5.74, 6) is 0. The van der Waals surface area contributed by atoms with Crippen molar-refractivity contribution < 1.29 is 13.8 Å². The lowest BCUT2D eigenvalue weighted by atomic mass is 10.3. The predicted octanol–water partition coefficient (Wildman–Crippen LogP) is 1.20. The number of nitrogens with two attached hydrogens (primary N) is 1. The molecule has 84 valence electrons. The van der Waals surface area contributed by atoms with Gasteiger partial charge in [-0.3, -0.25) is 4.57 Å². The molecule has 0 aromatic carbocycles. The molecule has 1 heterocycles. The highest BCUT2D eigenvalue weighted by atomic mass is 31.2. The zero-order valence-electron chi connectivity index (χ0n) is 8.97. The van der Waals surface area contributed by atoms with Crippen LogP contribution in [-0.2, 0) is 13.8 Å². The molecular formula is C8H19N2O3P. The highest BCUT2D eigenvalue weighted by molar-refractivity contribution is 7.53. The normalized spacial score (nSPS) is 34.0. The summed E-state index contributed by atoms with van der Waals surface area (Å²) in [5.41, 5.74) is 5.63. The number of ether oxygens (including phenoxy) is 1. The summed E-state index contributed by atoms with van der Waals surface area (Å²) in [7, 11) is -3.09. The van der Waals surface area contributed by atoms with Crippen LogP contribution >= 0.6 is 7.67 Å². The maximum atomic E-state index is 11.9. The maximum absolute atomic E-state index is 11.9. The fourth-order valence-corrected chi connectivity index (χ4v) is 3.09. The van der Waals surface area contributed by atoms with Gasteiger partial charge in [-0.2, -0.15) is 0 Å². The molecule has 0 radical (unpaired) electrons. The molecule has 14 heavy (non-hydrogen) atoms. The number of hydrogen-bond acceptors (Lipinski definition) is 3. The Labute approximate surface area is 85.1 Å². The van der Waals surface area contributed by atoms with Crippen molar-refractivity contribution in [1.29, 1.82) is 0 Å². The van der Waals surface area contributed by atoms with E-state index in [1.165, 1.54) is 0 Å². The zero-order chi connectivity index (χ0) is 10.8. The van der Waals surface area contributed by atoms with Crippen LogP contribution in [0.1, 0.15) is 20.8 Å². The lowest BCUT2D eigenvalue weighted by molar-refractivity contribution is -0.0481. The molecule has 3 atom stereocenters. The average Bonchev–Trinajstić information content (AvgIpc) is 2.02. The van der Waals surface area contributed by atoms with E-state index in [2.05, 4.69) is 0 Å². The molecule has 3 unspecified atom stereocenters. The van der Waals surface area contributed by atoms with Gasteiger partial charge in [-0.25, -0.2) is 10.2 Å². The molecule has 0 aromatic rings. The highest BCUT2D eigenvalue weighted by Crippen LogP contribution is 2.43. The number of nitrogens with zero attached hydrogens (tertiary/aromatic N) is 1. The topological polar surface area (TPSA) is 64.8 Å². The predicted molar refractivity (Wildman–Crippen MR) is 55.0 cm³/mol. The van der Waals surface area contributed by atoms with Crippen LogP contribution in [0.4, 0.5) is 0 Å². The minimum absolute atomic E-state index is 0.0519. The van der Waals surface area contributed by atoms with E-state index >= 15 is 0 Å². The third-order valence-corrected chi connectivity index (χ3v) is 3.85. The van der Waals surface area contributed by atoms with Gasteiger partial charge < -0.3 is 9.26 Å². The van der Waals surface area contributed by atoms with Crippen LogP contribution < -0.4 is 5.50 Å². The third kappa shape index (κ3) is 3.04. The fraction of sp³-hybridized carbons (Fsp3) is 1.00. The second-order valence-corrected chi connectivity index (χ2v) is 5.56. The third-order valence-electron chi connectivity index (χ3n) is 2.11. The largest absolute Gasteiger partial charge is 0.373 e. The van der Waals surface area contributed by atoms with Gasteiger partial charge >= 0.3 is 7.67 Å².